The summed E-state index contributed by atoms with van der Waals surface area (Å²) in [6.07, 6.45) is 0. The summed E-state index contributed by atoms with van der Waals surface area (Å²) in [5.41, 5.74) is 7.37. The number of rotatable bonds is 3. The standard InChI is InChI=1S/C10H12N4OS/c1-6-4-9(11)13-10(12-6)16-5-8-3-7(2)14-15-8/h3-4H,5H2,1-2H3,(H2,11,12,13). The fourth-order valence-corrected chi connectivity index (χ4v) is 2.04. The molecule has 0 saturated heterocycles. The third-order valence-electron chi connectivity index (χ3n) is 1.87. The molecule has 16 heavy (non-hydrogen) atoms. The van der Waals surface area contributed by atoms with Crippen molar-refractivity contribution < 1.29 is 4.52 Å². The number of nitrogen functional groups attached to an aromatic ring is 1. The van der Waals surface area contributed by atoms with Gasteiger partial charge in [-0.25, -0.2) is 9.97 Å². The van der Waals surface area contributed by atoms with Crippen molar-refractivity contribution in [3.63, 3.8) is 0 Å². The molecule has 0 aliphatic heterocycles. The SMILES string of the molecule is Cc1cc(CSc2nc(C)cc(N)n2)on1. The van der Waals surface area contributed by atoms with E-state index in [9.17, 15) is 0 Å². The lowest BCUT2D eigenvalue weighted by Gasteiger charge is -2.00. The van der Waals surface area contributed by atoms with Gasteiger partial charge in [0.15, 0.2) is 5.16 Å². The average molecular weight is 236 g/mol. The first-order valence-electron chi connectivity index (χ1n) is 4.79. The second-order valence-electron chi connectivity index (χ2n) is 3.44. The highest BCUT2D eigenvalue weighted by atomic mass is 32.2. The van der Waals surface area contributed by atoms with Crippen molar-refractivity contribution in [2.75, 3.05) is 5.73 Å². The molecular weight excluding hydrogens is 224 g/mol. The van der Waals surface area contributed by atoms with Crippen molar-refractivity contribution in [1.29, 1.82) is 0 Å². The molecule has 5 nitrogen and oxygen atoms in total. The van der Waals surface area contributed by atoms with E-state index in [0.29, 0.717) is 16.7 Å². The first-order valence-corrected chi connectivity index (χ1v) is 5.78. The van der Waals surface area contributed by atoms with Gasteiger partial charge >= 0.3 is 0 Å². The predicted octanol–water partition coefficient (Wildman–Crippen LogP) is 1.96. The summed E-state index contributed by atoms with van der Waals surface area (Å²) in [6.45, 7) is 3.78. The monoisotopic (exact) mass is 236 g/mol. The van der Waals surface area contributed by atoms with Crippen molar-refractivity contribution in [2.45, 2.75) is 24.8 Å². The molecule has 0 spiro atoms. The van der Waals surface area contributed by atoms with Crippen LogP contribution >= 0.6 is 11.8 Å². The van der Waals surface area contributed by atoms with Crippen LogP contribution in [0.5, 0.6) is 0 Å². The van der Waals surface area contributed by atoms with Gasteiger partial charge in [0, 0.05) is 17.8 Å². The van der Waals surface area contributed by atoms with Crippen molar-refractivity contribution in [3.05, 3.63) is 29.3 Å². The van der Waals surface area contributed by atoms with E-state index in [1.54, 1.807) is 6.07 Å². The number of nitrogens with zero attached hydrogens (tertiary/aromatic N) is 3. The van der Waals surface area contributed by atoms with E-state index in [0.717, 1.165) is 17.1 Å². The molecule has 2 heterocycles. The summed E-state index contributed by atoms with van der Waals surface area (Å²) in [6, 6.07) is 3.63. The van der Waals surface area contributed by atoms with E-state index >= 15 is 0 Å². The molecule has 0 atom stereocenters. The van der Waals surface area contributed by atoms with Gasteiger partial charge in [-0.15, -0.1) is 0 Å². The Morgan fingerprint density at radius 2 is 2.06 bits per heavy atom. The van der Waals surface area contributed by atoms with E-state index < -0.39 is 0 Å². The minimum Gasteiger partial charge on any atom is -0.384 e. The second-order valence-corrected chi connectivity index (χ2v) is 4.38. The van der Waals surface area contributed by atoms with Gasteiger partial charge < -0.3 is 10.3 Å². The van der Waals surface area contributed by atoms with Gasteiger partial charge in [-0.2, -0.15) is 0 Å². The van der Waals surface area contributed by atoms with Crippen LogP contribution in [0.1, 0.15) is 17.1 Å². The van der Waals surface area contributed by atoms with Crippen LogP contribution in [0.4, 0.5) is 5.82 Å². The zero-order valence-corrected chi connectivity index (χ0v) is 9.91. The molecule has 0 fully saturated rings. The van der Waals surface area contributed by atoms with Gasteiger partial charge in [-0.05, 0) is 13.8 Å². The summed E-state index contributed by atoms with van der Waals surface area (Å²) in [7, 11) is 0. The fourth-order valence-electron chi connectivity index (χ4n) is 1.25. The maximum absolute atomic E-state index is 5.63. The van der Waals surface area contributed by atoms with Crippen LogP contribution in [0.15, 0.2) is 21.8 Å². The van der Waals surface area contributed by atoms with E-state index in [1.165, 1.54) is 11.8 Å². The summed E-state index contributed by atoms with van der Waals surface area (Å²) >= 11 is 1.48. The van der Waals surface area contributed by atoms with Crippen LogP contribution in [0.25, 0.3) is 0 Å². The topological polar surface area (TPSA) is 77.8 Å². The molecule has 0 amide bonds. The Balaban J connectivity index is 2.04. The van der Waals surface area contributed by atoms with Crippen LogP contribution in [-0.4, -0.2) is 15.1 Å². The largest absolute Gasteiger partial charge is 0.384 e. The fraction of sp³-hybridized carbons (Fsp3) is 0.300. The van der Waals surface area contributed by atoms with E-state index in [4.69, 9.17) is 10.3 Å². The number of nitrogens with two attached hydrogens (primary N) is 1. The van der Waals surface area contributed by atoms with Crippen LogP contribution < -0.4 is 5.73 Å². The van der Waals surface area contributed by atoms with E-state index in [1.807, 2.05) is 19.9 Å². The van der Waals surface area contributed by atoms with Crippen molar-refractivity contribution in [1.82, 2.24) is 15.1 Å². The maximum Gasteiger partial charge on any atom is 0.190 e. The minimum absolute atomic E-state index is 0.490. The van der Waals surface area contributed by atoms with Gasteiger partial charge in [-0.1, -0.05) is 16.9 Å². The quantitative estimate of drug-likeness (QED) is 0.648. The van der Waals surface area contributed by atoms with Gasteiger partial charge in [0.05, 0.1) is 11.4 Å². The molecule has 0 unspecified atom stereocenters. The predicted molar refractivity (Wildman–Crippen MR) is 62.0 cm³/mol. The summed E-state index contributed by atoms with van der Waals surface area (Å²) in [4.78, 5) is 8.39. The Morgan fingerprint density at radius 3 is 2.69 bits per heavy atom. The highest BCUT2D eigenvalue weighted by Crippen LogP contribution is 2.20. The first kappa shape index (κ1) is 10.9. The van der Waals surface area contributed by atoms with Crippen LogP contribution in [0, 0.1) is 13.8 Å². The summed E-state index contributed by atoms with van der Waals surface area (Å²) < 4.78 is 5.09. The van der Waals surface area contributed by atoms with Crippen LogP contribution in [0.3, 0.4) is 0 Å². The van der Waals surface area contributed by atoms with Crippen molar-refractivity contribution >= 4 is 17.6 Å². The van der Waals surface area contributed by atoms with Crippen molar-refractivity contribution in [2.24, 2.45) is 0 Å². The second kappa shape index (κ2) is 4.52. The molecule has 0 aliphatic carbocycles. The number of hydrogen-bond donors (Lipinski definition) is 1. The molecule has 0 aliphatic rings. The molecular formula is C10H12N4OS. The number of hydrogen-bond acceptors (Lipinski definition) is 6. The van der Waals surface area contributed by atoms with Gasteiger partial charge in [0.2, 0.25) is 0 Å². The first-order chi connectivity index (χ1) is 7.63. The molecule has 2 aromatic rings. The number of aryl methyl sites for hydroxylation is 2. The van der Waals surface area contributed by atoms with Crippen LogP contribution in [0.2, 0.25) is 0 Å². The molecule has 0 aromatic carbocycles. The molecule has 2 aromatic heterocycles. The Morgan fingerprint density at radius 1 is 1.25 bits per heavy atom. The average Bonchev–Trinajstić information content (AvgIpc) is 2.60. The Kier molecular flexibility index (Phi) is 3.09. The van der Waals surface area contributed by atoms with Crippen LogP contribution in [-0.2, 0) is 5.75 Å². The molecule has 0 bridgehead atoms. The smallest absolute Gasteiger partial charge is 0.190 e. The Hall–Kier alpha value is -1.56. The van der Waals surface area contributed by atoms with Crippen molar-refractivity contribution in [3.8, 4) is 0 Å². The highest BCUT2D eigenvalue weighted by molar-refractivity contribution is 7.98. The number of anilines is 1. The van der Waals surface area contributed by atoms with E-state index in [2.05, 4.69) is 15.1 Å². The Labute approximate surface area is 97.5 Å². The third kappa shape index (κ3) is 2.73. The molecule has 0 saturated carbocycles. The van der Waals surface area contributed by atoms with Gasteiger partial charge in [0.1, 0.15) is 11.6 Å². The number of aromatic nitrogens is 3. The lowest BCUT2D eigenvalue weighted by Crippen LogP contribution is -1.96. The Bertz CT molecular complexity index is 477. The van der Waals surface area contributed by atoms with Gasteiger partial charge in [-0.3, -0.25) is 0 Å². The molecule has 2 N–H and O–H groups in total. The normalized spacial score (nSPS) is 10.6. The summed E-state index contributed by atoms with van der Waals surface area (Å²) in [5.74, 6) is 1.96. The molecule has 6 heteroatoms. The molecule has 84 valence electrons. The zero-order valence-electron chi connectivity index (χ0n) is 9.10. The highest BCUT2D eigenvalue weighted by Gasteiger charge is 2.05. The van der Waals surface area contributed by atoms with E-state index in [-0.39, 0.29) is 0 Å². The third-order valence-corrected chi connectivity index (χ3v) is 2.74. The zero-order chi connectivity index (χ0) is 11.5. The number of thioether (sulfide) groups is 1. The minimum atomic E-state index is 0.490. The summed E-state index contributed by atoms with van der Waals surface area (Å²) in [5, 5.41) is 4.47. The lowest BCUT2D eigenvalue weighted by molar-refractivity contribution is 0.391. The molecule has 0 radical (unpaired) electrons. The maximum atomic E-state index is 5.63. The van der Waals surface area contributed by atoms with Gasteiger partial charge in [0.25, 0.3) is 0 Å². The lowest BCUT2D eigenvalue weighted by atomic mass is 10.4. The molecule has 2 rings (SSSR count).